The lowest BCUT2D eigenvalue weighted by Gasteiger charge is -2.16. The molecule has 1 aromatic carbocycles. The van der Waals surface area contributed by atoms with Gasteiger partial charge in [-0.1, -0.05) is 15.9 Å². The van der Waals surface area contributed by atoms with Crippen LogP contribution in [0.1, 0.15) is 24.5 Å². The molecule has 0 heterocycles. The summed E-state index contributed by atoms with van der Waals surface area (Å²) in [5.41, 5.74) is 7.77. The van der Waals surface area contributed by atoms with Crippen molar-refractivity contribution in [3.63, 3.8) is 0 Å². The molecule has 0 fully saturated rings. The number of halogens is 1. The second-order valence-electron chi connectivity index (χ2n) is 4.94. The van der Waals surface area contributed by atoms with Crippen molar-refractivity contribution < 1.29 is 9.53 Å². The molecule has 0 aromatic heterocycles. The number of hydrogen-bond donors (Lipinski definition) is 2. The van der Waals surface area contributed by atoms with Crippen LogP contribution in [0.5, 0.6) is 5.75 Å². The summed E-state index contributed by atoms with van der Waals surface area (Å²) in [4.78, 5) is 11.6. The lowest BCUT2D eigenvalue weighted by Crippen LogP contribution is -2.30. The fraction of sp³-hybridized carbons (Fsp3) is 0.467. The molecule has 6 heteroatoms. The molecule has 3 N–H and O–H groups in total. The largest absolute Gasteiger partial charge is 0.483 e. The van der Waals surface area contributed by atoms with Crippen molar-refractivity contribution in [2.75, 3.05) is 13.2 Å². The quantitative estimate of drug-likeness (QED) is 0.734. The Balaban J connectivity index is 2.73. The Morgan fingerprint density at radius 2 is 2.29 bits per heavy atom. The van der Waals surface area contributed by atoms with E-state index in [1.165, 1.54) is 0 Å². The van der Waals surface area contributed by atoms with Gasteiger partial charge in [-0.2, -0.15) is 5.26 Å². The molecule has 0 saturated carbocycles. The van der Waals surface area contributed by atoms with Crippen molar-refractivity contribution in [3.8, 4) is 11.8 Å². The molecule has 1 aromatic rings. The summed E-state index contributed by atoms with van der Waals surface area (Å²) in [5.74, 6) is 0.463. The number of carbonyl (C=O) groups is 1. The van der Waals surface area contributed by atoms with Crippen LogP contribution in [0.15, 0.2) is 16.6 Å². The van der Waals surface area contributed by atoms with E-state index in [0.29, 0.717) is 25.1 Å². The highest BCUT2D eigenvalue weighted by atomic mass is 79.9. The van der Waals surface area contributed by atoms with Crippen molar-refractivity contribution >= 4 is 21.8 Å². The van der Waals surface area contributed by atoms with E-state index in [9.17, 15) is 4.79 Å². The van der Waals surface area contributed by atoms with E-state index in [1.54, 1.807) is 0 Å². The highest BCUT2D eigenvalue weighted by Gasteiger charge is 2.12. The summed E-state index contributed by atoms with van der Waals surface area (Å²) in [7, 11) is 0. The third-order valence-electron chi connectivity index (χ3n) is 2.76. The first kappa shape index (κ1) is 17.5. The van der Waals surface area contributed by atoms with E-state index in [2.05, 4.69) is 21.2 Å². The molecule has 0 radical (unpaired) electrons. The molecule has 1 amide bonds. The van der Waals surface area contributed by atoms with Gasteiger partial charge in [0.25, 0.3) is 5.91 Å². The summed E-state index contributed by atoms with van der Waals surface area (Å²) >= 11 is 3.45. The Labute approximate surface area is 133 Å². The van der Waals surface area contributed by atoms with Crippen LogP contribution in [-0.2, 0) is 11.2 Å². The van der Waals surface area contributed by atoms with Gasteiger partial charge < -0.3 is 15.8 Å². The third-order valence-corrected chi connectivity index (χ3v) is 3.22. The number of rotatable bonds is 7. The average molecular weight is 354 g/mol. The minimum absolute atomic E-state index is 0.00510. The Morgan fingerprint density at radius 3 is 2.90 bits per heavy atom. The number of carbonyl (C=O) groups excluding carboxylic acids is 1. The lowest BCUT2D eigenvalue weighted by molar-refractivity contribution is -0.123. The number of hydrogen-bond acceptors (Lipinski definition) is 4. The van der Waals surface area contributed by atoms with Gasteiger partial charge in [0.1, 0.15) is 5.75 Å². The smallest absolute Gasteiger partial charge is 0.257 e. The van der Waals surface area contributed by atoms with Crippen molar-refractivity contribution in [1.82, 2.24) is 5.32 Å². The summed E-state index contributed by atoms with van der Waals surface area (Å²) in [6.07, 6.45) is 0.963. The molecule has 0 aliphatic heterocycles. The molecule has 1 atom stereocenters. The Bertz CT molecular complexity index is 538. The zero-order valence-electron chi connectivity index (χ0n) is 12.3. The maximum Gasteiger partial charge on any atom is 0.257 e. The first-order valence-electron chi connectivity index (χ1n) is 6.75. The van der Waals surface area contributed by atoms with Crippen LogP contribution in [0.25, 0.3) is 0 Å². The topological polar surface area (TPSA) is 88.1 Å². The molecule has 0 bridgehead atoms. The predicted octanol–water partition coefficient (Wildman–Crippen LogP) is 2.06. The van der Waals surface area contributed by atoms with E-state index in [0.717, 1.165) is 15.6 Å². The van der Waals surface area contributed by atoms with Crippen molar-refractivity contribution in [1.29, 1.82) is 5.26 Å². The van der Waals surface area contributed by atoms with Crippen LogP contribution >= 0.6 is 15.9 Å². The van der Waals surface area contributed by atoms with Crippen LogP contribution in [0, 0.1) is 18.3 Å². The summed E-state index contributed by atoms with van der Waals surface area (Å²) in [6, 6.07) is 5.87. The number of benzene rings is 1. The van der Waals surface area contributed by atoms with Gasteiger partial charge in [0.15, 0.2) is 6.61 Å². The molecular weight excluding hydrogens is 334 g/mol. The van der Waals surface area contributed by atoms with Gasteiger partial charge in [-0.3, -0.25) is 4.79 Å². The normalized spacial score (nSPS) is 11.6. The summed E-state index contributed by atoms with van der Waals surface area (Å²) in [5, 5.41) is 11.0. The van der Waals surface area contributed by atoms with Gasteiger partial charge in [0, 0.05) is 17.1 Å². The van der Waals surface area contributed by atoms with Crippen molar-refractivity contribution in [3.05, 3.63) is 27.7 Å². The Hall–Kier alpha value is -1.58. The number of nitrogens with zero attached hydrogens (tertiary/aromatic N) is 1. The van der Waals surface area contributed by atoms with E-state index >= 15 is 0 Å². The molecule has 0 aliphatic rings. The maximum absolute atomic E-state index is 11.6. The zero-order chi connectivity index (χ0) is 15.8. The van der Waals surface area contributed by atoms with Gasteiger partial charge in [0.2, 0.25) is 0 Å². The van der Waals surface area contributed by atoms with E-state index in [4.69, 9.17) is 15.7 Å². The minimum Gasteiger partial charge on any atom is -0.483 e. The van der Waals surface area contributed by atoms with E-state index < -0.39 is 0 Å². The van der Waals surface area contributed by atoms with Gasteiger partial charge in [-0.15, -0.1) is 0 Å². The van der Waals surface area contributed by atoms with E-state index in [-0.39, 0.29) is 18.6 Å². The van der Waals surface area contributed by atoms with Crippen LogP contribution in [0.3, 0.4) is 0 Å². The Kier molecular flexibility index (Phi) is 7.20. The number of nitrogens with one attached hydrogen (secondary N) is 1. The SMILES string of the molecule is Cc1cc(Br)cc(CC(C)N)c1OCC(=O)NCCC#N. The number of ether oxygens (including phenoxy) is 1. The van der Waals surface area contributed by atoms with Crippen LogP contribution in [0.4, 0.5) is 0 Å². The molecule has 1 rings (SSSR count). The van der Waals surface area contributed by atoms with E-state index in [1.807, 2.05) is 32.0 Å². The van der Waals surface area contributed by atoms with Gasteiger partial charge in [-0.05, 0) is 43.5 Å². The average Bonchev–Trinajstić information content (AvgIpc) is 2.37. The van der Waals surface area contributed by atoms with Crippen LogP contribution < -0.4 is 15.8 Å². The monoisotopic (exact) mass is 353 g/mol. The molecule has 0 saturated heterocycles. The van der Waals surface area contributed by atoms with Gasteiger partial charge in [-0.25, -0.2) is 0 Å². The lowest BCUT2D eigenvalue weighted by atomic mass is 10.0. The molecule has 0 spiro atoms. The molecule has 0 aliphatic carbocycles. The number of nitriles is 1. The summed E-state index contributed by atoms with van der Waals surface area (Å²) in [6.45, 7) is 4.12. The second kappa shape index (κ2) is 8.65. The van der Waals surface area contributed by atoms with Gasteiger partial charge in [0.05, 0.1) is 12.5 Å². The molecule has 21 heavy (non-hydrogen) atoms. The van der Waals surface area contributed by atoms with Crippen molar-refractivity contribution in [2.24, 2.45) is 5.73 Å². The molecule has 1 unspecified atom stereocenters. The molecule has 5 nitrogen and oxygen atoms in total. The second-order valence-corrected chi connectivity index (χ2v) is 5.85. The van der Waals surface area contributed by atoms with Crippen molar-refractivity contribution in [2.45, 2.75) is 32.7 Å². The van der Waals surface area contributed by atoms with Crippen LogP contribution in [-0.4, -0.2) is 25.1 Å². The maximum atomic E-state index is 11.6. The van der Waals surface area contributed by atoms with Gasteiger partial charge >= 0.3 is 0 Å². The zero-order valence-corrected chi connectivity index (χ0v) is 13.9. The van der Waals surface area contributed by atoms with Crippen LogP contribution in [0.2, 0.25) is 0 Å². The highest BCUT2D eigenvalue weighted by Crippen LogP contribution is 2.29. The standard InChI is InChI=1S/C15H20BrN3O2/c1-10-6-13(16)8-12(7-11(2)18)15(10)21-9-14(20)19-5-3-4-17/h6,8,11H,3,5,7,9,18H2,1-2H3,(H,19,20). The fourth-order valence-corrected chi connectivity index (χ4v) is 2.57. The Morgan fingerprint density at radius 1 is 1.57 bits per heavy atom. The molecule has 114 valence electrons. The third kappa shape index (κ3) is 6.15. The number of amides is 1. The molecular formula is C15H20BrN3O2. The fourth-order valence-electron chi connectivity index (χ4n) is 1.95. The number of aryl methyl sites for hydroxylation is 1. The summed E-state index contributed by atoms with van der Waals surface area (Å²) < 4.78 is 6.60. The first-order valence-corrected chi connectivity index (χ1v) is 7.54. The number of nitrogens with two attached hydrogens (primary N) is 1. The highest BCUT2D eigenvalue weighted by molar-refractivity contribution is 9.10. The predicted molar refractivity (Wildman–Crippen MR) is 85.0 cm³/mol. The minimum atomic E-state index is -0.237. The first-order chi connectivity index (χ1) is 9.93.